The number of anilines is 1. The Kier molecular flexibility index (Phi) is 6.61. The number of halogens is 3. The Morgan fingerprint density at radius 1 is 1.18 bits per heavy atom. The third kappa shape index (κ3) is 5.31. The molecule has 2 aliphatic rings. The van der Waals surface area contributed by atoms with E-state index >= 15 is 0 Å². The molecule has 1 fully saturated rings. The predicted molar refractivity (Wildman–Crippen MR) is 122 cm³/mol. The lowest BCUT2D eigenvalue weighted by molar-refractivity contribution is -0.137. The molecule has 2 aliphatic heterocycles. The van der Waals surface area contributed by atoms with E-state index in [2.05, 4.69) is 5.32 Å². The van der Waals surface area contributed by atoms with E-state index in [1.54, 1.807) is 24.3 Å². The molecule has 0 bridgehead atoms. The van der Waals surface area contributed by atoms with Crippen molar-refractivity contribution in [2.24, 2.45) is 0 Å². The molecule has 172 valence electrons. The van der Waals surface area contributed by atoms with Gasteiger partial charge in [0.15, 0.2) is 11.5 Å². The summed E-state index contributed by atoms with van der Waals surface area (Å²) in [6.07, 6.45) is -2.70. The van der Waals surface area contributed by atoms with Gasteiger partial charge in [-0.3, -0.25) is 14.5 Å². The third-order valence-electron chi connectivity index (χ3n) is 4.86. The largest absolute Gasteiger partial charge is 0.454 e. The molecule has 4 rings (SSSR count). The summed E-state index contributed by atoms with van der Waals surface area (Å²) in [6.45, 7) is 0.327. The molecule has 2 heterocycles. The van der Waals surface area contributed by atoms with Crippen molar-refractivity contribution in [2.45, 2.75) is 19.0 Å². The summed E-state index contributed by atoms with van der Waals surface area (Å²) in [5, 5.41) is 2.29. The molecular formula is C22H17F3N2O4S2. The van der Waals surface area contributed by atoms with Crippen molar-refractivity contribution in [3.63, 3.8) is 0 Å². The fourth-order valence-corrected chi connectivity index (χ4v) is 4.61. The van der Waals surface area contributed by atoms with Crippen LogP contribution < -0.4 is 14.8 Å². The molecule has 0 atom stereocenters. The number of rotatable bonds is 6. The van der Waals surface area contributed by atoms with Crippen LogP contribution in [0.3, 0.4) is 0 Å². The fourth-order valence-electron chi connectivity index (χ4n) is 3.30. The molecule has 33 heavy (non-hydrogen) atoms. The van der Waals surface area contributed by atoms with Crippen molar-refractivity contribution in [1.82, 2.24) is 4.90 Å². The van der Waals surface area contributed by atoms with Crippen LogP contribution in [0.15, 0.2) is 47.4 Å². The number of para-hydroxylation sites is 1. The van der Waals surface area contributed by atoms with Crippen molar-refractivity contribution >= 4 is 51.9 Å². The van der Waals surface area contributed by atoms with Gasteiger partial charge in [-0.15, -0.1) is 0 Å². The van der Waals surface area contributed by atoms with Crippen LogP contribution in [-0.4, -0.2) is 34.4 Å². The molecule has 0 unspecified atom stereocenters. The summed E-state index contributed by atoms with van der Waals surface area (Å²) >= 11 is 6.44. The van der Waals surface area contributed by atoms with Crippen molar-refractivity contribution in [2.75, 3.05) is 18.7 Å². The average Bonchev–Trinajstić information content (AvgIpc) is 3.32. The monoisotopic (exact) mass is 494 g/mol. The van der Waals surface area contributed by atoms with E-state index < -0.39 is 17.6 Å². The van der Waals surface area contributed by atoms with Crippen molar-refractivity contribution in [1.29, 1.82) is 0 Å². The zero-order valence-corrected chi connectivity index (χ0v) is 18.6. The maximum atomic E-state index is 13.1. The number of fused-ring (bicyclic) bond motifs is 1. The number of amides is 2. The van der Waals surface area contributed by atoms with Crippen LogP contribution in [-0.2, 0) is 15.8 Å². The van der Waals surface area contributed by atoms with Gasteiger partial charge < -0.3 is 14.8 Å². The van der Waals surface area contributed by atoms with Gasteiger partial charge in [-0.05, 0) is 42.3 Å². The number of alkyl halides is 3. The zero-order valence-electron chi connectivity index (χ0n) is 17.0. The summed E-state index contributed by atoms with van der Waals surface area (Å²) in [4.78, 5) is 26.7. The van der Waals surface area contributed by atoms with Gasteiger partial charge in [-0.2, -0.15) is 13.2 Å². The first-order valence-electron chi connectivity index (χ1n) is 9.83. The van der Waals surface area contributed by atoms with Gasteiger partial charge in [0.1, 0.15) is 4.32 Å². The smallest absolute Gasteiger partial charge is 0.418 e. The standard InChI is InChI=1S/C22H17F3N2O4S2/c23-22(24,25)14-4-1-2-5-15(14)26-19(28)6-3-9-27-20(29)18(33-21(27)32)11-13-7-8-16-17(10-13)31-12-30-16/h1-2,4-5,7-8,10-11H,3,6,9,12H2,(H,26,28). The molecule has 2 aromatic carbocycles. The summed E-state index contributed by atoms with van der Waals surface area (Å²) in [6, 6.07) is 10.1. The van der Waals surface area contributed by atoms with Gasteiger partial charge in [-0.25, -0.2) is 0 Å². The second-order valence-electron chi connectivity index (χ2n) is 7.14. The predicted octanol–water partition coefficient (Wildman–Crippen LogP) is 5.05. The minimum absolute atomic E-state index is 0.0650. The van der Waals surface area contributed by atoms with Gasteiger partial charge >= 0.3 is 6.18 Å². The molecule has 2 aromatic rings. The number of carbonyl (C=O) groups excluding carboxylic acids is 2. The Morgan fingerprint density at radius 3 is 2.73 bits per heavy atom. The van der Waals surface area contributed by atoms with Gasteiger partial charge in [0, 0.05) is 13.0 Å². The van der Waals surface area contributed by atoms with E-state index in [0.29, 0.717) is 20.7 Å². The minimum Gasteiger partial charge on any atom is -0.454 e. The van der Waals surface area contributed by atoms with E-state index in [4.69, 9.17) is 21.7 Å². The van der Waals surface area contributed by atoms with E-state index in [9.17, 15) is 22.8 Å². The van der Waals surface area contributed by atoms with Crippen LogP contribution in [0, 0.1) is 0 Å². The lowest BCUT2D eigenvalue weighted by Gasteiger charge is -2.15. The van der Waals surface area contributed by atoms with Crippen LogP contribution in [0.4, 0.5) is 18.9 Å². The minimum atomic E-state index is -4.57. The van der Waals surface area contributed by atoms with Gasteiger partial charge in [-0.1, -0.05) is 42.2 Å². The highest BCUT2D eigenvalue weighted by Crippen LogP contribution is 2.37. The Morgan fingerprint density at radius 2 is 1.94 bits per heavy atom. The molecular weight excluding hydrogens is 477 g/mol. The molecule has 6 nitrogen and oxygen atoms in total. The number of nitrogens with zero attached hydrogens (tertiary/aromatic N) is 1. The fraction of sp³-hybridized carbons (Fsp3) is 0.227. The number of hydrogen-bond donors (Lipinski definition) is 1. The zero-order chi connectivity index (χ0) is 23.6. The highest BCUT2D eigenvalue weighted by atomic mass is 32.2. The quantitative estimate of drug-likeness (QED) is 0.448. The molecule has 0 spiro atoms. The Balaban J connectivity index is 1.33. The molecule has 0 radical (unpaired) electrons. The summed E-state index contributed by atoms with van der Waals surface area (Å²) in [7, 11) is 0. The summed E-state index contributed by atoms with van der Waals surface area (Å²) in [5.74, 6) is 0.367. The Hall–Kier alpha value is -3.05. The molecule has 0 saturated carbocycles. The van der Waals surface area contributed by atoms with Crippen molar-refractivity contribution in [3.05, 3.63) is 58.5 Å². The maximum Gasteiger partial charge on any atom is 0.418 e. The van der Waals surface area contributed by atoms with Gasteiger partial charge in [0.2, 0.25) is 12.7 Å². The van der Waals surface area contributed by atoms with Crippen molar-refractivity contribution < 1.29 is 32.2 Å². The first-order chi connectivity index (χ1) is 15.7. The van der Waals surface area contributed by atoms with Crippen LogP contribution in [0.1, 0.15) is 24.0 Å². The number of nitrogens with one attached hydrogen (secondary N) is 1. The number of benzene rings is 2. The van der Waals surface area contributed by atoms with E-state index in [0.717, 1.165) is 23.4 Å². The highest BCUT2D eigenvalue weighted by molar-refractivity contribution is 8.26. The number of thioether (sulfide) groups is 1. The number of thiocarbonyl (C=S) groups is 1. The van der Waals surface area contributed by atoms with E-state index in [-0.39, 0.29) is 37.8 Å². The topological polar surface area (TPSA) is 67.9 Å². The van der Waals surface area contributed by atoms with Crippen LogP contribution in [0.25, 0.3) is 6.08 Å². The van der Waals surface area contributed by atoms with Crippen LogP contribution in [0.5, 0.6) is 11.5 Å². The molecule has 11 heteroatoms. The van der Waals surface area contributed by atoms with Crippen molar-refractivity contribution in [3.8, 4) is 11.5 Å². The van der Waals surface area contributed by atoms with E-state index in [1.807, 2.05) is 0 Å². The molecule has 2 amide bonds. The molecule has 0 aromatic heterocycles. The average molecular weight is 495 g/mol. The maximum absolute atomic E-state index is 13.1. The highest BCUT2D eigenvalue weighted by Gasteiger charge is 2.34. The number of carbonyl (C=O) groups is 2. The second-order valence-corrected chi connectivity index (χ2v) is 8.82. The first kappa shape index (κ1) is 23.1. The number of ether oxygens (including phenoxy) is 2. The number of hydrogen-bond acceptors (Lipinski definition) is 6. The van der Waals surface area contributed by atoms with Crippen LogP contribution >= 0.6 is 24.0 Å². The Bertz CT molecular complexity index is 1150. The lowest BCUT2D eigenvalue weighted by atomic mass is 10.1. The normalized spacial score (nSPS) is 16.6. The second kappa shape index (κ2) is 9.44. The Labute approximate surface area is 196 Å². The summed E-state index contributed by atoms with van der Waals surface area (Å²) in [5.41, 5.74) is -0.460. The van der Waals surface area contributed by atoms with Gasteiger partial charge in [0.25, 0.3) is 5.91 Å². The first-order valence-corrected chi connectivity index (χ1v) is 11.1. The third-order valence-corrected chi connectivity index (χ3v) is 6.24. The lowest BCUT2D eigenvalue weighted by Crippen LogP contribution is -2.29. The molecule has 0 aliphatic carbocycles. The molecule has 1 N–H and O–H groups in total. The summed E-state index contributed by atoms with van der Waals surface area (Å²) < 4.78 is 50.2. The molecule has 1 saturated heterocycles. The van der Waals surface area contributed by atoms with E-state index in [1.165, 1.54) is 23.1 Å². The van der Waals surface area contributed by atoms with Gasteiger partial charge in [0.05, 0.1) is 16.2 Å². The van der Waals surface area contributed by atoms with Crippen LogP contribution in [0.2, 0.25) is 0 Å². The SMILES string of the molecule is O=C(CCCN1C(=O)C(=Cc2ccc3c(c2)OCO3)SC1=S)Nc1ccccc1C(F)(F)F.